The first-order chi connectivity index (χ1) is 9.92. The molecule has 0 aliphatic carbocycles. The van der Waals surface area contributed by atoms with E-state index in [0.29, 0.717) is 11.6 Å². The molecule has 1 heterocycles. The van der Waals surface area contributed by atoms with Gasteiger partial charge in [0.05, 0.1) is 19.0 Å². The molecule has 5 N–H and O–H groups in total. The van der Waals surface area contributed by atoms with Gasteiger partial charge in [0.25, 0.3) is 0 Å². The minimum atomic E-state index is -1.25. The zero-order valence-electron chi connectivity index (χ0n) is 11.3. The van der Waals surface area contributed by atoms with Gasteiger partial charge in [-0.1, -0.05) is 0 Å². The molecule has 0 aliphatic rings. The average molecular weight is 296 g/mol. The molecule has 0 aromatic carbocycles. The van der Waals surface area contributed by atoms with Crippen LogP contribution in [-0.4, -0.2) is 41.1 Å². The number of hydrogen-bond donors (Lipinski definition) is 4. The molecule has 1 aromatic heterocycles. The van der Waals surface area contributed by atoms with Crippen LogP contribution in [-0.2, 0) is 9.59 Å². The zero-order valence-corrected chi connectivity index (χ0v) is 11.3. The number of carboxylic acid groups (broad SMARTS) is 1. The third-order valence-corrected chi connectivity index (χ3v) is 2.49. The van der Waals surface area contributed by atoms with E-state index < -0.39 is 23.9 Å². The lowest BCUT2D eigenvalue weighted by Gasteiger charge is -2.14. The number of nitrogens with zero attached hydrogens (tertiary/aromatic N) is 1. The Bertz CT molecular complexity index is 517. The predicted octanol–water partition coefficient (Wildman–Crippen LogP) is -0.0696. The summed E-state index contributed by atoms with van der Waals surface area (Å²) in [7, 11) is 1.46. The van der Waals surface area contributed by atoms with Crippen LogP contribution in [0.5, 0.6) is 5.88 Å². The SMILES string of the molecule is COc1ccc(NC(=O)NC(CCC(N)=O)C(=O)O)cn1. The second-order valence-electron chi connectivity index (χ2n) is 4.08. The molecule has 1 atom stereocenters. The molecular weight excluding hydrogens is 280 g/mol. The summed E-state index contributed by atoms with van der Waals surface area (Å²) in [6.45, 7) is 0. The Hall–Kier alpha value is -2.84. The van der Waals surface area contributed by atoms with Crippen LogP contribution in [0, 0.1) is 0 Å². The topological polar surface area (TPSA) is 144 Å². The van der Waals surface area contributed by atoms with Crippen molar-refractivity contribution in [2.75, 3.05) is 12.4 Å². The fourth-order valence-electron chi connectivity index (χ4n) is 1.44. The molecule has 0 fully saturated rings. The van der Waals surface area contributed by atoms with Crippen molar-refractivity contribution in [3.05, 3.63) is 18.3 Å². The molecular formula is C12H16N4O5. The highest BCUT2D eigenvalue weighted by atomic mass is 16.5. The Labute approximate surface area is 120 Å². The number of rotatable bonds is 7. The van der Waals surface area contributed by atoms with Crippen molar-refractivity contribution in [2.24, 2.45) is 5.73 Å². The van der Waals surface area contributed by atoms with E-state index in [1.165, 1.54) is 19.4 Å². The molecule has 1 aromatic rings. The van der Waals surface area contributed by atoms with Crippen molar-refractivity contribution in [1.29, 1.82) is 0 Å². The first-order valence-electron chi connectivity index (χ1n) is 6.01. The van der Waals surface area contributed by atoms with E-state index in [9.17, 15) is 14.4 Å². The van der Waals surface area contributed by atoms with Gasteiger partial charge in [0.1, 0.15) is 6.04 Å². The largest absolute Gasteiger partial charge is 0.481 e. The van der Waals surface area contributed by atoms with Crippen molar-refractivity contribution in [3.8, 4) is 5.88 Å². The van der Waals surface area contributed by atoms with E-state index in [2.05, 4.69) is 15.6 Å². The van der Waals surface area contributed by atoms with Crippen LogP contribution in [0.25, 0.3) is 0 Å². The predicted molar refractivity (Wildman–Crippen MR) is 72.8 cm³/mol. The molecule has 21 heavy (non-hydrogen) atoms. The number of amides is 3. The molecule has 0 aliphatic heterocycles. The van der Waals surface area contributed by atoms with Gasteiger partial charge >= 0.3 is 12.0 Å². The fourth-order valence-corrected chi connectivity index (χ4v) is 1.44. The number of nitrogens with two attached hydrogens (primary N) is 1. The lowest BCUT2D eigenvalue weighted by atomic mass is 10.1. The Morgan fingerprint density at radius 1 is 1.43 bits per heavy atom. The maximum atomic E-state index is 11.7. The van der Waals surface area contributed by atoms with Gasteiger partial charge in [-0.05, 0) is 12.5 Å². The third kappa shape index (κ3) is 5.76. The van der Waals surface area contributed by atoms with Gasteiger partial charge in [-0.25, -0.2) is 14.6 Å². The number of carbonyl (C=O) groups is 3. The van der Waals surface area contributed by atoms with Crippen molar-refractivity contribution >= 4 is 23.6 Å². The summed E-state index contributed by atoms with van der Waals surface area (Å²) in [5.74, 6) is -1.51. The van der Waals surface area contributed by atoms with Crippen LogP contribution >= 0.6 is 0 Å². The smallest absolute Gasteiger partial charge is 0.326 e. The van der Waals surface area contributed by atoms with Gasteiger partial charge in [-0.3, -0.25) is 4.79 Å². The summed E-state index contributed by atoms with van der Waals surface area (Å²) in [6, 6.07) is 1.16. The molecule has 0 radical (unpaired) electrons. The number of aromatic nitrogens is 1. The Morgan fingerprint density at radius 3 is 2.62 bits per heavy atom. The van der Waals surface area contributed by atoms with Crippen LogP contribution in [0.1, 0.15) is 12.8 Å². The number of primary amides is 1. The van der Waals surface area contributed by atoms with Crippen LogP contribution in [0.15, 0.2) is 18.3 Å². The fraction of sp³-hybridized carbons (Fsp3) is 0.333. The number of carboxylic acids is 1. The summed E-state index contributed by atoms with van der Waals surface area (Å²) in [4.78, 5) is 37.2. The van der Waals surface area contributed by atoms with Gasteiger partial charge < -0.3 is 26.2 Å². The molecule has 9 heteroatoms. The Balaban J connectivity index is 2.56. The monoisotopic (exact) mass is 296 g/mol. The van der Waals surface area contributed by atoms with Gasteiger partial charge in [0, 0.05) is 12.5 Å². The molecule has 0 saturated carbocycles. The van der Waals surface area contributed by atoms with Crippen molar-refractivity contribution in [2.45, 2.75) is 18.9 Å². The second kappa shape index (κ2) is 7.68. The van der Waals surface area contributed by atoms with Crippen LogP contribution < -0.4 is 21.1 Å². The highest BCUT2D eigenvalue weighted by Gasteiger charge is 2.20. The van der Waals surface area contributed by atoms with Gasteiger partial charge in [-0.15, -0.1) is 0 Å². The first kappa shape index (κ1) is 16.2. The van der Waals surface area contributed by atoms with E-state index in [1.807, 2.05) is 0 Å². The van der Waals surface area contributed by atoms with E-state index in [-0.39, 0.29) is 12.8 Å². The number of methoxy groups -OCH3 is 1. The van der Waals surface area contributed by atoms with Gasteiger partial charge in [0.15, 0.2) is 0 Å². The van der Waals surface area contributed by atoms with Gasteiger partial charge in [0.2, 0.25) is 11.8 Å². The summed E-state index contributed by atoms with van der Waals surface area (Å²) in [6.07, 6.45) is 1.14. The molecule has 0 bridgehead atoms. The van der Waals surface area contributed by atoms with Crippen molar-refractivity contribution < 1.29 is 24.2 Å². The zero-order chi connectivity index (χ0) is 15.8. The van der Waals surface area contributed by atoms with Crippen LogP contribution in [0.4, 0.5) is 10.5 Å². The maximum absolute atomic E-state index is 11.7. The number of aliphatic carboxylic acids is 1. The molecule has 1 unspecified atom stereocenters. The van der Waals surface area contributed by atoms with E-state index in [4.69, 9.17) is 15.6 Å². The maximum Gasteiger partial charge on any atom is 0.326 e. The van der Waals surface area contributed by atoms with Gasteiger partial charge in [-0.2, -0.15) is 0 Å². The third-order valence-electron chi connectivity index (χ3n) is 2.49. The average Bonchev–Trinajstić information content (AvgIpc) is 2.43. The van der Waals surface area contributed by atoms with Crippen LogP contribution in [0.3, 0.4) is 0 Å². The highest BCUT2D eigenvalue weighted by Crippen LogP contribution is 2.10. The number of urea groups is 1. The second-order valence-corrected chi connectivity index (χ2v) is 4.08. The number of carbonyl (C=O) groups excluding carboxylic acids is 2. The number of hydrogen-bond acceptors (Lipinski definition) is 5. The molecule has 1 rings (SSSR count). The molecule has 3 amide bonds. The quantitative estimate of drug-likeness (QED) is 0.554. The summed E-state index contributed by atoms with van der Waals surface area (Å²) in [5, 5.41) is 13.6. The molecule has 9 nitrogen and oxygen atoms in total. The standard InChI is InChI=1S/C12H16N4O5/c1-21-10-5-2-7(6-14-10)15-12(20)16-8(11(18)19)3-4-9(13)17/h2,5-6,8H,3-4H2,1H3,(H2,13,17)(H,18,19)(H2,15,16,20). The number of pyridine rings is 1. The van der Waals surface area contributed by atoms with E-state index >= 15 is 0 Å². The first-order valence-corrected chi connectivity index (χ1v) is 6.01. The molecule has 114 valence electrons. The minimum absolute atomic E-state index is 0.0844. The number of ether oxygens (including phenoxy) is 1. The lowest BCUT2D eigenvalue weighted by molar-refractivity contribution is -0.139. The molecule has 0 spiro atoms. The Kier molecular flexibility index (Phi) is 5.93. The summed E-state index contributed by atoms with van der Waals surface area (Å²) >= 11 is 0. The van der Waals surface area contributed by atoms with E-state index in [0.717, 1.165) is 0 Å². The van der Waals surface area contributed by atoms with E-state index in [1.54, 1.807) is 6.07 Å². The lowest BCUT2D eigenvalue weighted by Crippen LogP contribution is -2.43. The molecule has 0 saturated heterocycles. The van der Waals surface area contributed by atoms with Crippen LogP contribution in [0.2, 0.25) is 0 Å². The number of nitrogens with one attached hydrogen (secondary N) is 2. The summed E-state index contributed by atoms with van der Waals surface area (Å²) in [5.41, 5.74) is 5.31. The Morgan fingerprint density at radius 2 is 2.14 bits per heavy atom. The summed E-state index contributed by atoms with van der Waals surface area (Å²) < 4.78 is 4.86. The van der Waals surface area contributed by atoms with Crippen molar-refractivity contribution in [1.82, 2.24) is 10.3 Å². The minimum Gasteiger partial charge on any atom is -0.481 e. The highest BCUT2D eigenvalue weighted by molar-refractivity contribution is 5.92. The van der Waals surface area contributed by atoms with Crippen molar-refractivity contribution in [3.63, 3.8) is 0 Å². The normalized spacial score (nSPS) is 11.3. The number of anilines is 1.